The largest absolute Gasteiger partial charge is 0.457 e. The van der Waals surface area contributed by atoms with Crippen LogP contribution in [0.25, 0.3) is 0 Å². The van der Waals surface area contributed by atoms with Gasteiger partial charge >= 0.3 is 5.97 Å². The predicted octanol–water partition coefficient (Wildman–Crippen LogP) is 8.51. The van der Waals surface area contributed by atoms with E-state index in [0.717, 1.165) is 31.1 Å². The second kappa shape index (κ2) is 12.5. The van der Waals surface area contributed by atoms with Crippen molar-refractivity contribution in [1.29, 1.82) is 0 Å². The van der Waals surface area contributed by atoms with Crippen molar-refractivity contribution in [2.75, 3.05) is 0 Å². The zero-order chi connectivity index (χ0) is 21.2. The molecule has 1 heterocycles. The fraction of sp³-hybridized carbons (Fsp3) is 0.750. The van der Waals surface area contributed by atoms with Gasteiger partial charge in [0.1, 0.15) is 6.10 Å². The summed E-state index contributed by atoms with van der Waals surface area (Å²) in [4.78, 5) is 12.2. The third-order valence-electron chi connectivity index (χ3n) is 7.59. The van der Waals surface area contributed by atoms with Crippen molar-refractivity contribution >= 4 is 5.97 Å². The molecule has 2 nitrogen and oxygen atoms in total. The van der Waals surface area contributed by atoms with Gasteiger partial charge in [0, 0.05) is 6.42 Å². The van der Waals surface area contributed by atoms with Gasteiger partial charge in [-0.15, -0.1) is 0 Å². The Kier molecular flexibility index (Phi) is 9.75. The zero-order valence-corrected chi connectivity index (χ0v) is 19.5. The summed E-state index contributed by atoms with van der Waals surface area (Å²) < 4.78 is 5.71. The number of esters is 1. The van der Waals surface area contributed by atoms with Gasteiger partial charge in [-0.05, 0) is 55.1 Å². The molecule has 1 aliphatic heterocycles. The Labute approximate surface area is 185 Å². The maximum atomic E-state index is 12.2. The van der Waals surface area contributed by atoms with E-state index in [1.807, 2.05) is 0 Å². The SMILES string of the molecule is CCCCCCCC1CCC(c2ccc(C3CC(CCCCC)C(=O)O3)cc2)CC1. The van der Waals surface area contributed by atoms with Crippen LogP contribution in [0.15, 0.2) is 24.3 Å². The van der Waals surface area contributed by atoms with E-state index in [2.05, 4.69) is 38.1 Å². The summed E-state index contributed by atoms with van der Waals surface area (Å²) in [6.45, 7) is 4.50. The molecule has 1 saturated heterocycles. The normalized spacial score (nSPS) is 26.7. The maximum Gasteiger partial charge on any atom is 0.309 e. The number of cyclic esters (lactones) is 1. The topological polar surface area (TPSA) is 26.3 Å². The molecule has 30 heavy (non-hydrogen) atoms. The van der Waals surface area contributed by atoms with Crippen LogP contribution >= 0.6 is 0 Å². The monoisotopic (exact) mass is 412 g/mol. The second-order valence-corrected chi connectivity index (χ2v) is 9.94. The Morgan fingerprint density at radius 3 is 2.07 bits per heavy atom. The van der Waals surface area contributed by atoms with E-state index in [1.54, 1.807) is 0 Å². The van der Waals surface area contributed by atoms with E-state index in [9.17, 15) is 4.79 Å². The number of rotatable bonds is 12. The van der Waals surface area contributed by atoms with E-state index >= 15 is 0 Å². The molecule has 0 amide bonds. The van der Waals surface area contributed by atoms with Crippen LogP contribution in [0, 0.1) is 11.8 Å². The predicted molar refractivity (Wildman–Crippen MR) is 126 cm³/mol. The Hall–Kier alpha value is -1.31. The lowest BCUT2D eigenvalue weighted by atomic mass is 9.77. The summed E-state index contributed by atoms with van der Waals surface area (Å²) in [6, 6.07) is 9.07. The first kappa shape index (κ1) is 23.4. The summed E-state index contributed by atoms with van der Waals surface area (Å²) in [5.41, 5.74) is 2.68. The van der Waals surface area contributed by atoms with Crippen LogP contribution in [0.1, 0.15) is 133 Å². The van der Waals surface area contributed by atoms with Gasteiger partial charge in [0.25, 0.3) is 0 Å². The van der Waals surface area contributed by atoms with Crippen molar-refractivity contribution in [2.24, 2.45) is 11.8 Å². The highest BCUT2D eigenvalue weighted by molar-refractivity contribution is 5.74. The van der Waals surface area contributed by atoms with E-state index in [0.29, 0.717) is 0 Å². The van der Waals surface area contributed by atoms with Crippen molar-refractivity contribution in [3.05, 3.63) is 35.4 Å². The van der Waals surface area contributed by atoms with E-state index in [4.69, 9.17) is 4.74 Å². The molecule has 2 heteroatoms. The minimum Gasteiger partial charge on any atom is -0.457 e. The average Bonchev–Trinajstić information content (AvgIpc) is 3.15. The summed E-state index contributed by atoms with van der Waals surface area (Å²) in [5.74, 6) is 1.82. The molecule has 1 aromatic carbocycles. The minimum absolute atomic E-state index is 0.0215. The minimum atomic E-state index is -0.0263. The van der Waals surface area contributed by atoms with Crippen LogP contribution in [-0.4, -0.2) is 5.97 Å². The number of benzene rings is 1. The average molecular weight is 413 g/mol. The first-order valence-electron chi connectivity index (χ1n) is 13.0. The smallest absolute Gasteiger partial charge is 0.309 e. The van der Waals surface area contributed by atoms with Gasteiger partial charge in [-0.1, -0.05) is 95.9 Å². The molecule has 0 radical (unpaired) electrons. The Bertz CT molecular complexity index is 612. The zero-order valence-electron chi connectivity index (χ0n) is 19.5. The number of hydrogen-bond acceptors (Lipinski definition) is 2. The number of ether oxygens (including phenoxy) is 1. The molecule has 0 bridgehead atoms. The number of unbranched alkanes of at least 4 members (excludes halogenated alkanes) is 6. The number of carbonyl (C=O) groups excluding carboxylic acids is 1. The van der Waals surface area contributed by atoms with Crippen LogP contribution in [-0.2, 0) is 9.53 Å². The molecule has 2 aliphatic rings. The lowest BCUT2D eigenvalue weighted by Gasteiger charge is -2.29. The summed E-state index contributed by atoms with van der Waals surface area (Å²) in [7, 11) is 0. The molecular weight excluding hydrogens is 368 g/mol. The molecule has 0 aromatic heterocycles. The number of hydrogen-bond donors (Lipinski definition) is 0. The third kappa shape index (κ3) is 6.86. The lowest BCUT2D eigenvalue weighted by molar-refractivity contribution is -0.144. The van der Waals surface area contributed by atoms with Crippen LogP contribution in [0.4, 0.5) is 0 Å². The van der Waals surface area contributed by atoms with Gasteiger partial charge in [-0.25, -0.2) is 0 Å². The molecule has 1 saturated carbocycles. The lowest BCUT2D eigenvalue weighted by Crippen LogP contribution is -2.13. The van der Waals surface area contributed by atoms with Gasteiger partial charge < -0.3 is 4.74 Å². The second-order valence-electron chi connectivity index (χ2n) is 9.94. The van der Waals surface area contributed by atoms with Crippen molar-refractivity contribution in [3.63, 3.8) is 0 Å². The van der Waals surface area contributed by atoms with E-state index in [1.165, 1.54) is 88.2 Å². The third-order valence-corrected chi connectivity index (χ3v) is 7.59. The summed E-state index contributed by atoms with van der Waals surface area (Å²) in [5, 5.41) is 0. The van der Waals surface area contributed by atoms with Gasteiger partial charge in [0.2, 0.25) is 0 Å². The van der Waals surface area contributed by atoms with Crippen molar-refractivity contribution in [3.8, 4) is 0 Å². The molecule has 2 fully saturated rings. The van der Waals surface area contributed by atoms with E-state index in [-0.39, 0.29) is 18.0 Å². The fourth-order valence-electron chi connectivity index (χ4n) is 5.52. The maximum absolute atomic E-state index is 12.2. The van der Waals surface area contributed by atoms with Crippen LogP contribution in [0.5, 0.6) is 0 Å². The summed E-state index contributed by atoms with van der Waals surface area (Å²) >= 11 is 0. The quantitative estimate of drug-likeness (QED) is 0.254. The fourth-order valence-corrected chi connectivity index (χ4v) is 5.52. The molecule has 0 N–H and O–H groups in total. The van der Waals surface area contributed by atoms with Crippen molar-refractivity contribution in [1.82, 2.24) is 0 Å². The van der Waals surface area contributed by atoms with Crippen LogP contribution < -0.4 is 0 Å². The molecule has 1 aliphatic carbocycles. The molecule has 3 rings (SSSR count). The Morgan fingerprint density at radius 1 is 0.767 bits per heavy atom. The van der Waals surface area contributed by atoms with Gasteiger partial charge in [0.05, 0.1) is 5.92 Å². The summed E-state index contributed by atoms with van der Waals surface area (Å²) in [6.07, 6.45) is 19.4. The van der Waals surface area contributed by atoms with Gasteiger partial charge in [0.15, 0.2) is 0 Å². The Balaban J connectivity index is 1.41. The molecule has 0 spiro atoms. The number of carbonyl (C=O) groups is 1. The Morgan fingerprint density at radius 2 is 1.37 bits per heavy atom. The highest BCUT2D eigenvalue weighted by atomic mass is 16.5. The van der Waals surface area contributed by atoms with Crippen LogP contribution in [0.2, 0.25) is 0 Å². The van der Waals surface area contributed by atoms with E-state index < -0.39 is 0 Å². The van der Waals surface area contributed by atoms with Crippen molar-refractivity contribution < 1.29 is 9.53 Å². The molecular formula is C28H44O2. The standard InChI is InChI=1S/C28H44O2/c1-3-5-7-8-10-11-22-13-15-23(16-14-22)24-17-19-25(20-18-24)27-21-26(28(29)30-27)12-9-6-4-2/h17-20,22-23,26-27H,3-16,21H2,1-2H3. The molecule has 1 aromatic rings. The first-order chi connectivity index (χ1) is 14.7. The molecule has 2 unspecified atom stereocenters. The van der Waals surface area contributed by atoms with Crippen molar-refractivity contribution in [2.45, 2.75) is 122 Å². The molecule has 168 valence electrons. The van der Waals surface area contributed by atoms with Gasteiger partial charge in [-0.3, -0.25) is 4.79 Å². The van der Waals surface area contributed by atoms with Gasteiger partial charge in [-0.2, -0.15) is 0 Å². The highest BCUT2D eigenvalue weighted by Crippen LogP contribution is 2.40. The molecule has 2 atom stereocenters. The highest BCUT2D eigenvalue weighted by Gasteiger charge is 2.34. The first-order valence-corrected chi connectivity index (χ1v) is 13.0. The van der Waals surface area contributed by atoms with Crippen LogP contribution in [0.3, 0.4) is 0 Å².